The van der Waals surface area contributed by atoms with Gasteiger partial charge in [-0.25, -0.2) is 14.8 Å². The zero-order chi connectivity index (χ0) is 33.2. The lowest BCUT2D eigenvalue weighted by Gasteiger charge is -2.20. The van der Waals surface area contributed by atoms with Crippen LogP contribution < -0.4 is 16.0 Å². The van der Waals surface area contributed by atoms with Crippen molar-refractivity contribution in [2.24, 2.45) is 7.05 Å². The van der Waals surface area contributed by atoms with E-state index in [0.717, 1.165) is 21.7 Å². The van der Waals surface area contributed by atoms with Crippen LogP contribution in [0, 0.1) is 0 Å². The van der Waals surface area contributed by atoms with Gasteiger partial charge in [0.1, 0.15) is 18.3 Å². The number of amides is 3. The highest BCUT2D eigenvalue weighted by atomic mass is 16.6. The van der Waals surface area contributed by atoms with Crippen molar-refractivity contribution in [3.8, 4) is 0 Å². The van der Waals surface area contributed by atoms with Crippen LogP contribution in [0.4, 0.5) is 16.6 Å². The second-order valence-corrected chi connectivity index (χ2v) is 11.9. The molecule has 2 fully saturated rings. The first-order valence-electron chi connectivity index (χ1n) is 15.7. The second-order valence-electron chi connectivity index (χ2n) is 11.9. The number of anilines is 2. The van der Waals surface area contributed by atoms with Gasteiger partial charge in [0.15, 0.2) is 23.2 Å². The Hall–Kier alpha value is -5.38. The quantitative estimate of drug-likeness (QED) is 0.123. The average molecular weight is 653 g/mol. The number of ether oxygens (including phenoxy) is 1. The third kappa shape index (κ3) is 6.30. The summed E-state index contributed by atoms with van der Waals surface area (Å²) in [5, 5.41) is 31.2. The number of imidazole rings is 2. The fourth-order valence-electron chi connectivity index (χ4n) is 6.13. The molecule has 0 saturated carbocycles. The van der Waals surface area contributed by atoms with Gasteiger partial charge in [0, 0.05) is 38.7 Å². The molecule has 15 heteroatoms. The number of imide groups is 1. The third-order valence-electron chi connectivity index (χ3n) is 8.63. The van der Waals surface area contributed by atoms with E-state index >= 15 is 0 Å². The summed E-state index contributed by atoms with van der Waals surface area (Å²) < 4.78 is 9.49. The summed E-state index contributed by atoms with van der Waals surface area (Å²) in [4.78, 5) is 43.8. The zero-order valence-electron chi connectivity index (χ0n) is 26.2. The Kier molecular flexibility index (Phi) is 8.71. The number of carbonyl (C=O) groups is 2. The van der Waals surface area contributed by atoms with E-state index in [4.69, 9.17) is 14.7 Å². The highest BCUT2D eigenvalue weighted by molar-refractivity contribution is 6.02. The van der Waals surface area contributed by atoms with E-state index in [-0.39, 0.29) is 19.0 Å². The molecule has 2 aliphatic rings. The van der Waals surface area contributed by atoms with E-state index in [1.54, 1.807) is 6.33 Å². The summed E-state index contributed by atoms with van der Waals surface area (Å²) in [7, 11) is 1.91. The summed E-state index contributed by atoms with van der Waals surface area (Å²) in [6, 6.07) is 19.8. The molecule has 5 N–H and O–H groups in total. The van der Waals surface area contributed by atoms with Crippen LogP contribution >= 0.6 is 0 Å². The van der Waals surface area contributed by atoms with E-state index in [2.05, 4.69) is 50.2 Å². The summed E-state index contributed by atoms with van der Waals surface area (Å²) in [5.74, 6) is 0.361. The number of aryl methyl sites for hydroxylation is 1. The van der Waals surface area contributed by atoms with E-state index in [1.807, 2.05) is 54.2 Å². The normalized spacial score (nSPS) is 21.0. The summed E-state index contributed by atoms with van der Waals surface area (Å²) >= 11 is 0. The number of urea groups is 1. The van der Waals surface area contributed by atoms with Crippen LogP contribution in [0.25, 0.3) is 11.2 Å². The Balaban J connectivity index is 1.19. The molecule has 5 heterocycles. The molecule has 3 aromatic heterocycles. The lowest BCUT2D eigenvalue weighted by molar-refractivity contribution is -0.127. The molecule has 2 saturated heterocycles. The highest BCUT2D eigenvalue weighted by Crippen LogP contribution is 2.34. The van der Waals surface area contributed by atoms with Crippen molar-refractivity contribution in [3.63, 3.8) is 0 Å². The first-order valence-corrected chi connectivity index (χ1v) is 15.7. The van der Waals surface area contributed by atoms with Gasteiger partial charge < -0.3 is 35.5 Å². The topological polar surface area (TPSA) is 185 Å². The summed E-state index contributed by atoms with van der Waals surface area (Å²) in [5.41, 5.74) is 3.97. The number of carbonyl (C=O) groups excluding carboxylic acids is 2. The van der Waals surface area contributed by atoms with E-state index in [0.29, 0.717) is 42.4 Å². The second kappa shape index (κ2) is 13.4. The minimum Gasteiger partial charge on any atom is -0.387 e. The van der Waals surface area contributed by atoms with Crippen molar-refractivity contribution in [2.75, 3.05) is 36.8 Å². The molecule has 2 aliphatic heterocycles. The number of benzene rings is 2. The van der Waals surface area contributed by atoms with E-state index in [9.17, 15) is 19.8 Å². The van der Waals surface area contributed by atoms with Gasteiger partial charge in [-0.2, -0.15) is 9.97 Å². The molecule has 15 nitrogen and oxygen atoms in total. The van der Waals surface area contributed by atoms with Crippen molar-refractivity contribution < 1.29 is 24.5 Å². The number of aromatic nitrogens is 6. The smallest absolute Gasteiger partial charge is 0.324 e. The van der Waals surface area contributed by atoms with Crippen molar-refractivity contribution in [2.45, 2.75) is 36.9 Å². The van der Waals surface area contributed by atoms with Crippen LogP contribution in [0.1, 0.15) is 29.0 Å². The zero-order valence-corrected chi connectivity index (χ0v) is 26.2. The standard InChI is InChI=1S/C33H36N10O5/c1-41-16-22(37-18-41)12-13-34-32-39-29(35-14-23(20-8-4-2-5-9-20)21-10-6-3-7-11-21)26-30(40-32)43(19-38-26)31-28(46)27(45)24(48-31)17-42-25(44)15-36-33(42)47/h2-11,16,18-19,23-24,27-28,31,45-46H,12-15,17H2,1H3,(H,36,47)(H2,34,35,39,40)/t24?,27-,28-,31?/m1/s1. The number of aliphatic hydroxyl groups is 2. The fraction of sp³-hybridized carbons (Fsp3) is 0.333. The molecular weight excluding hydrogens is 616 g/mol. The van der Waals surface area contributed by atoms with Crippen LogP contribution in [0.2, 0.25) is 0 Å². The Bertz CT molecular complexity index is 1840. The molecule has 2 aromatic carbocycles. The predicted octanol–water partition coefficient (Wildman–Crippen LogP) is 1.63. The molecule has 0 aliphatic carbocycles. The van der Waals surface area contributed by atoms with Crippen molar-refractivity contribution in [1.82, 2.24) is 39.3 Å². The number of rotatable bonds is 12. The number of fused-ring (bicyclic) bond motifs is 1. The lowest BCUT2D eigenvalue weighted by atomic mass is 9.91. The summed E-state index contributed by atoms with van der Waals surface area (Å²) in [6.07, 6.45) is 0.919. The molecule has 0 spiro atoms. The van der Waals surface area contributed by atoms with Crippen molar-refractivity contribution >= 4 is 34.9 Å². The number of aliphatic hydroxyl groups excluding tert-OH is 2. The highest BCUT2D eigenvalue weighted by Gasteiger charge is 2.46. The Morgan fingerprint density at radius 3 is 2.33 bits per heavy atom. The maximum Gasteiger partial charge on any atom is 0.324 e. The van der Waals surface area contributed by atoms with Crippen LogP contribution in [0.3, 0.4) is 0 Å². The van der Waals surface area contributed by atoms with Crippen LogP contribution in [-0.4, -0.2) is 101 Å². The molecule has 3 amide bonds. The van der Waals surface area contributed by atoms with Gasteiger partial charge in [-0.3, -0.25) is 14.3 Å². The van der Waals surface area contributed by atoms with Gasteiger partial charge in [0.25, 0.3) is 0 Å². The van der Waals surface area contributed by atoms with Gasteiger partial charge in [0.2, 0.25) is 11.9 Å². The first-order chi connectivity index (χ1) is 23.4. The maximum atomic E-state index is 12.2. The lowest BCUT2D eigenvalue weighted by Crippen LogP contribution is -2.42. The SMILES string of the molecule is Cn1cnc(CCNc2nc(NCC(c3ccccc3)c3ccccc3)c3ncn(C4OC(CN5C(=O)CNC5=O)[C@@H](O)[C@H]4O)c3n2)c1. The Morgan fingerprint density at radius 2 is 1.69 bits per heavy atom. The molecule has 5 aromatic rings. The minimum absolute atomic E-state index is 0.00135. The number of nitrogens with one attached hydrogen (secondary N) is 3. The molecule has 4 atom stereocenters. The van der Waals surface area contributed by atoms with Crippen LogP contribution in [0.5, 0.6) is 0 Å². The van der Waals surface area contributed by atoms with Gasteiger partial charge in [-0.15, -0.1) is 0 Å². The molecule has 0 bridgehead atoms. The minimum atomic E-state index is -1.39. The van der Waals surface area contributed by atoms with Crippen molar-refractivity contribution in [3.05, 3.63) is 96.3 Å². The van der Waals surface area contributed by atoms with E-state index in [1.165, 1.54) is 10.9 Å². The monoisotopic (exact) mass is 652 g/mol. The predicted molar refractivity (Wildman–Crippen MR) is 175 cm³/mol. The number of hydrogen-bond donors (Lipinski definition) is 5. The Morgan fingerprint density at radius 1 is 0.958 bits per heavy atom. The molecule has 48 heavy (non-hydrogen) atoms. The fourth-order valence-corrected chi connectivity index (χ4v) is 6.13. The molecule has 0 radical (unpaired) electrons. The molecule has 2 unspecified atom stereocenters. The maximum absolute atomic E-state index is 12.2. The van der Waals surface area contributed by atoms with E-state index < -0.39 is 36.5 Å². The van der Waals surface area contributed by atoms with Crippen LogP contribution in [-0.2, 0) is 23.0 Å². The van der Waals surface area contributed by atoms with Gasteiger partial charge in [0.05, 0.1) is 31.4 Å². The van der Waals surface area contributed by atoms with Crippen molar-refractivity contribution in [1.29, 1.82) is 0 Å². The van der Waals surface area contributed by atoms with Gasteiger partial charge >= 0.3 is 6.03 Å². The number of nitrogens with zero attached hydrogens (tertiary/aromatic N) is 7. The molecule has 248 valence electrons. The Labute approximate surface area is 275 Å². The molecular formula is C33H36N10O5. The largest absolute Gasteiger partial charge is 0.387 e. The number of hydrogen-bond acceptors (Lipinski definition) is 11. The first kappa shape index (κ1) is 31.2. The van der Waals surface area contributed by atoms with Gasteiger partial charge in [-0.05, 0) is 11.1 Å². The van der Waals surface area contributed by atoms with Gasteiger partial charge in [-0.1, -0.05) is 60.7 Å². The third-order valence-corrected chi connectivity index (χ3v) is 8.63. The average Bonchev–Trinajstić information content (AvgIpc) is 3.86. The molecule has 7 rings (SSSR count). The summed E-state index contributed by atoms with van der Waals surface area (Å²) in [6.45, 7) is 0.657. The van der Waals surface area contributed by atoms with Crippen LogP contribution in [0.15, 0.2) is 79.5 Å².